The van der Waals surface area contributed by atoms with E-state index in [1.165, 1.54) is 18.4 Å². The van der Waals surface area contributed by atoms with Gasteiger partial charge in [0, 0.05) is 5.02 Å². The van der Waals surface area contributed by atoms with Crippen LogP contribution in [-0.4, -0.2) is 18.1 Å². The SMILES string of the molecule is COC(=O)c1ncsc1-c1ccc(Cl)cc1C. The standard InChI is InChI=1S/C12H10ClNO2S/c1-7-5-8(13)3-4-9(7)11-10(12(15)16-2)14-6-17-11/h3-6H,1-2H3. The number of esters is 1. The smallest absolute Gasteiger partial charge is 0.358 e. The minimum atomic E-state index is -0.421. The summed E-state index contributed by atoms with van der Waals surface area (Å²) in [5, 5.41) is 0.676. The number of aromatic nitrogens is 1. The van der Waals surface area contributed by atoms with Crippen LogP contribution >= 0.6 is 22.9 Å². The Morgan fingerprint density at radius 1 is 1.47 bits per heavy atom. The summed E-state index contributed by atoms with van der Waals surface area (Å²) in [7, 11) is 1.35. The molecule has 88 valence electrons. The van der Waals surface area contributed by atoms with Crippen LogP contribution in [0, 0.1) is 6.92 Å². The molecular weight excluding hydrogens is 258 g/mol. The maximum Gasteiger partial charge on any atom is 0.358 e. The number of thiazole rings is 1. The molecule has 17 heavy (non-hydrogen) atoms. The van der Waals surface area contributed by atoms with Crippen molar-refractivity contribution in [2.24, 2.45) is 0 Å². The number of nitrogens with zero attached hydrogens (tertiary/aromatic N) is 1. The van der Waals surface area contributed by atoms with Gasteiger partial charge in [-0.3, -0.25) is 0 Å². The molecule has 0 unspecified atom stereocenters. The molecule has 0 saturated heterocycles. The largest absolute Gasteiger partial charge is 0.464 e. The van der Waals surface area contributed by atoms with Crippen molar-refractivity contribution < 1.29 is 9.53 Å². The highest BCUT2D eigenvalue weighted by Crippen LogP contribution is 2.32. The number of carbonyl (C=O) groups is 1. The van der Waals surface area contributed by atoms with E-state index in [0.29, 0.717) is 10.7 Å². The predicted octanol–water partition coefficient (Wildman–Crippen LogP) is 3.56. The van der Waals surface area contributed by atoms with Crippen LogP contribution < -0.4 is 0 Å². The molecule has 3 nitrogen and oxygen atoms in total. The summed E-state index contributed by atoms with van der Waals surface area (Å²) in [4.78, 5) is 16.4. The van der Waals surface area contributed by atoms with E-state index in [1.54, 1.807) is 11.6 Å². The third kappa shape index (κ3) is 2.33. The Hall–Kier alpha value is -1.39. The number of hydrogen-bond donors (Lipinski definition) is 0. The lowest BCUT2D eigenvalue weighted by Crippen LogP contribution is -2.03. The van der Waals surface area contributed by atoms with E-state index in [4.69, 9.17) is 16.3 Å². The molecule has 0 aliphatic carbocycles. The first-order valence-corrected chi connectivity index (χ1v) is 6.17. The normalized spacial score (nSPS) is 10.3. The van der Waals surface area contributed by atoms with Gasteiger partial charge in [-0.15, -0.1) is 11.3 Å². The molecule has 0 spiro atoms. The van der Waals surface area contributed by atoms with Crippen LogP contribution in [0.2, 0.25) is 5.02 Å². The van der Waals surface area contributed by atoms with Gasteiger partial charge in [-0.05, 0) is 30.2 Å². The third-order valence-corrected chi connectivity index (χ3v) is 3.47. The second-order valence-electron chi connectivity index (χ2n) is 3.48. The fraction of sp³-hybridized carbons (Fsp3) is 0.167. The second-order valence-corrected chi connectivity index (χ2v) is 4.77. The minimum Gasteiger partial charge on any atom is -0.464 e. The van der Waals surface area contributed by atoms with Crippen LogP contribution in [0.15, 0.2) is 23.7 Å². The Balaban J connectivity index is 2.53. The highest BCUT2D eigenvalue weighted by atomic mass is 35.5. The first-order chi connectivity index (χ1) is 8.13. The second kappa shape index (κ2) is 4.85. The molecule has 0 radical (unpaired) electrons. The van der Waals surface area contributed by atoms with Gasteiger partial charge in [0.1, 0.15) is 0 Å². The third-order valence-electron chi connectivity index (χ3n) is 2.38. The van der Waals surface area contributed by atoms with Crippen LogP contribution in [-0.2, 0) is 4.74 Å². The molecule has 1 heterocycles. The zero-order valence-electron chi connectivity index (χ0n) is 9.36. The molecule has 0 N–H and O–H groups in total. The quantitative estimate of drug-likeness (QED) is 0.781. The average Bonchev–Trinajstić information content (AvgIpc) is 2.77. The lowest BCUT2D eigenvalue weighted by atomic mass is 10.1. The lowest BCUT2D eigenvalue weighted by molar-refractivity contribution is 0.0596. The molecule has 0 amide bonds. The number of aryl methyl sites for hydroxylation is 1. The van der Waals surface area contributed by atoms with Gasteiger partial charge in [-0.25, -0.2) is 9.78 Å². The molecule has 0 atom stereocenters. The van der Waals surface area contributed by atoms with E-state index in [9.17, 15) is 4.79 Å². The van der Waals surface area contributed by atoms with E-state index in [0.717, 1.165) is 16.0 Å². The lowest BCUT2D eigenvalue weighted by Gasteiger charge is -2.05. The van der Waals surface area contributed by atoms with Crippen LogP contribution in [0.3, 0.4) is 0 Å². The van der Waals surface area contributed by atoms with Crippen LogP contribution in [0.5, 0.6) is 0 Å². The molecular formula is C12H10ClNO2S. The summed E-state index contributed by atoms with van der Waals surface area (Å²) in [5.41, 5.74) is 3.95. The minimum absolute atomic E-state index is 0.350. The Bertz CT molecular complexity index is 565. The van der Waals surface area contributed by atoms with Gasteiger partial charge in [-0.1, -0.05) is 17.7 Å². The highest BCUT2D eigenvalue weighted by molar-refractivity contribution is 7.13. The molecule has 2 aromatic rings. The van der Waals surface area contributed by atoms with Gasteiger partial charge in [0.05, 0.1) is 17.5 Å². The van der Waals surface area contributed by atoms with E-state index in [-0.39, 0.29) is 0 Å². The number of methoxy groups -OCH3 is 1. The predicted molar refractivity (Wildman–Crippen MR) is 68.6 cm³/mol. The van der Waals surface area contributed by atoms with Gasteiger partial charge in [0.25, 0.3) is 0 Å². The van der Waals surface area contributed by atoms with Crippen molar-refractivity contribution in [1.82, 2.24) is 4.98 Å². The first-order valence-electron chi connectivity index (χ1n) is 4.92. The van der Waals surface area contributed by atoms with Crippen molar-refractivity contribution >= 4 is 28.9 Å². The van der Waals surface area contributed by atoms with Gasteiger partial charge < -0.3 is 4.74 Å². The number of carbonyl (C=O) groups excluding carboxylic acids is 1. The molecule has 0 saturated carbocycles. The summed E-state index contributed by atoms with van der Waals surface area (Å²) in [6.45, 7) is 1.95. The average molecular weight is 268 g/mol. The van der Waals surface area contributed by atoms with Crippen LogP contribution in [0.25, 0.3) is 10.4 Å². The maximum atomic E-state index is 11.5. The van der Waals surface area contributed by atoms with E-state index >= 15 is 0 Å². The summed E-state index contributed by atoms with van der Waals surface area (Å²) in [5.74, 6) is -0.421. The van der Waals surface area contributed by atoms with E-state index < -0.39 is 5.97 Å². The molecule has 0 fully saturated rings. The number of ether oxygens (including phenoxy) is 1. The Morgan fingerprint density at radius 2 is 2.24 bits per heavy atom. The van der Waals surface area contributed by atoms with Crippen LogP contribution in [0.4, 0.5) is 0 Å². The van der Waals surface area contributed by atoms with Crippen molar-refractivity contribution in [3.8, 4) is 10.4 Å². The van der Waals surface area contributed by atoms with Crippen molar-refractivity contribution in [3.05, 3.63) is 40.0 Å². The highest BCUT2D eigenvalue weighted by Gasteiger charge is 2.17. The molecule has 1 aromatic carbocycles. The van der Waals surface area contributed by atoms with Gasteiger partial charge in [0.2, 0.25) is 0 Å². The summed E-state index contributed by atoms with van der Waals surface area (Å²) < 4.78 is 4.70. The van der Waals surface area contributed by atoms with Gasteiger partial charge >= 0.3 is 5.97 Å². The monoisotopic (exact) mass is 267 g/mol. The molecule has 1 aromatic heterocycles. The van der Waals surface area contributed by atoms with E-state index in [1.807, 2.05) is 19.1 Å². The Morgan fingerprint density at radius 3 is 2.88 bits per heavy atom. The molecule has 0 aliphatic heterocycles. The molecule has 0 bridgehead atoms. The molecule has 2 rings (SSSR count). The van der Waals surface area contributed by atoms with Gasteiger partial charge in [0.15, 0.2) is 5.69 Å². The summed E-state index contributed by atoms with van der Waals surface area (Å²) in [6.07, 6.45) is 0. The fourth-order valence-electron chi connectivity index (χ4n) is 1.56. The first kappa shape index (κ1) is 12.1. The van der Waals surface area contributed by atoms with Crippen molar-refractivity contribution in [2.75, 3.05) is 7.11 Å². The zero-order chi connectivity index (χ0) is 12.4. The number of halogens is 1. The van der Waals surface area contributed by atoms with Crippen LogP contribution in [0.1, 0.15) is 16.1 Å². The number of hydrogen-bond acceptors (Lipinski definition) is 4. The summed E-state index contributed by atoms with van der Waals surface area (Å²) >= 11 is 7.32. The Labute approximate surface area is 108 Å². The van der Waals surface area contributed by atoms with E-state index in [2.05, 4.69) is 4.98 Å². The number of rotatable bonds is 2. The summed E-state index contributed by atoms with van der Waals surface area (Å²) in [6, 6.07) is 5.54. The topological polar surface area (TPSA) is 39.2 Å². The fourth-order valence-corrected chi connectivity index (χ4v) is 2.66. The molecule has 5 heteroatoms. The van der Waals surface area contributed by atoms with Crippen molar-refractivity contribution in [1.29, 1.82) is 0 Å². The van der Waals surface area contributed by atoms with Crippen molar-refractivity contribution in [2.45, 2.75) is 6.92 Å². The van der Waals surface area contributed by atoms with Gasteiger partial charge in [-0.2, -0.15) is 0 Å². The zero-order valence-corrected chi connectivity index (χ0v) is 10.9. The number of benzene rings is 1. The molecule has 0 aliphatic rings. The maximum absolute atomic E-state index is 11.5. The van der Waals surface area contributed by atoms with Crippen molar-refractivity contribution in [3.63, 3.8) is 0 Å². The Kier molecular flexibility index (Phi) is 3.45.